The van der Waals surface area contributed by atoms with Crippen LogP contribution < -0.4 is 5.32 Å². The fourth-order valence-electron chi connectivity index (χ4n) is 3.00. The van der Waals surface area contributed by atoms with Gasteiger partial charge in [0.25, 0.3) is 0 Å². The molecule has 2 N–H and O–H groups in total. The third kappa shape index (κ3) is 3.20. The van der Waals surface area contributed by atoms with E-state index in [9.17, 15) is 18.3 Å². The van der Waals surface area contributed by atoms with Crippen molar-refractivity contribution < 1.29 is 18.3 Å². The number of aliphatic hydroxyl groups is 1. The number of rotatable bonds is 2. The van der Waals surface area contributed by atoms with Gasteiger partial charge in [0.1, 0.15) is 5.84 Å². The quantitative estimate of drug-likeness (QED) is 0.881. The van der Waals surface area contributed by atoms with E-state index in [2.05, 4.69) is 10.3 Å². The van der Waals surface area contributed by atoms with Crippen molar-refractivity contribution in [2.75, 3.05) is 0 Å². The van der Waals surface area contributed by atoms with E-state index < -0.39 is 11.7 Å². The molecule has 1 saturated carbocycles. The summed E-state index contributed by atoms with van der Waals surface area (Å²) in [6, 6.07) is 5.54. The minimum atomic E-state index is -4.30. The molecule has 1 aliphatic heterocycles. The Kier molecular flexibility index (Phi) is 3.65. The third-order valence-electron chi connectivity index (χ3n) is 4.11. The zero-order chi connectivity index (χ0) is 15.0. The van der Waals surface area contributed by atoms with Crippen molar-refractivity contribution in [1.29, 1.82) is 0 Å². The molecule has 0 bridgehead atoms. The van der Waals surface area contributed by atoms with E-state index in [1.54, 1.807) is 0 Å². The van der Waals surface area contributed by atoms with Crippen LogP contribution in [0.4, 0.5) is 13.2 Å². The van der Waals surface area contributed by atoms with Crippen molar-refractivity contribution in [3.8, 4) is 0 Å². The van der Waals surface area contributed by atoms with Crippen molar-refractivity contribution >= 4 is 5.84 Å². The molecule has 114 valence electrons. The van der Waals surface area contributed by atoms with Gasteiger partial charge in [-0.15, -0.1) is 0 Å². The predicted molar refractivity (Wildman–Crippen MR) is 73.2 cm³/mol. The molecule has 0 saturated heterocycles. The summed E-state index contributed by atoms with van der Waals surface area (Å²) < 4.78 is 37.5. The molecule has 21 heavy (non-hydrogen) atoms. The molecule has 0 aromatic heterocycles. The van der Waals surface area contributed by atoms with Gasteiger partial charge in [-0.05, 0) is 37.0 Å². The van der Waals surface area contributed by atoms with Gasteiger partial charge in [0.2, 0.25) is 0 Å². The molecule has 0 radical (unpaired) electrons. The van der Waals surface area contributed by atoms with E-state index in [1.165, 1.54) is 12.1 Å². The number of benzene rings is 1. The monoisotopic (exact) mass is 298 g/mol. The van der Waals surface area contributed by atoms with E-state index in [4.69, 9.17) is 0 Å². The second-order valence-electron chi connectivity index (χ2n) is 5.73. The lowest BCUT2D eigenvalue weighted by molar-refractivity contribution is -0.137. The fraction of sp³-hybridized carbons (Fsp3) is 0.533. The van der Waals surface area contributed by atoms with Gasteiger partial charge in [-0.2, -0.15) is 13.2 Å². The molecule has 1 heterocycles. The maximum atomic E-state index is 12.5. The Morgan fingerprint density at radius 3 is 2.57 bits per heavy atom. The molecule has 0 amide bonds. The first-order chi connectivity index (χ1) is 9.91. The number of hydrogen-bond donors (Lipinski definition) is 2. The Bertz CT molecular complexity index is 539. The van der Waals surface area contributed by atoms with Crippen LogP contribution in [0.5, 0.6) is 0 Å². The second kappa shape index (κ2) is 5.33. The van der Waals surface area contributed by atoms with E-state index in [-0.39, 0.29) is 18.2 Å². The summed E-state index contributed by atoms with van der Waals surface area (Å²) >= 11 is 0. The van der Waals surface area contributed by atoms with Gasteiger partial charge in [-0.25, -0.2) is 0 Å². The van der Waals surface area contributed by atoms with Crippen LogP contribution in [0.1, 0.15) is 30.4 Å². The fourth-order valence-corrected chi connectivity index (χ4v) is 3.00. The van der Waals surface area contributed by atoms with Crippen LogP contribution in [-0.2, 0) is 12.6 Å². The van der Waals surface area contributed by atoms with Crippen molar-refractivity contribution in [1.82, 2.24) is 5.32 Å². The number of nitrogens with one attached hydrogen (secondary N) is 1. The van der Waals surface area contributed by atoms with E-state index >= 15 is 0 Å². The lowest BCUT2D eigenvalue weighted by Gasteiger charge is -2.27. The maximum absolute atomic E-state index is 12.5. The van der Waals surface area contributed by atoms with Crippen molar-refractivity contribution in [3.05, 3.63) is 35.4 Å². The van der Waals surface area contributed by atoms with Crippen LogP contribution in [0, 0.1) is 0 Å². The number of aliphatic imine (C=N–C) groups is 1. The molecule has 1 aromatic carbocycles. The SMILES string of the molecule is OC1CCC2N=C(Cc3ccc(C(F)(F)F)cc3)NC2C1. The standard InChI is InChI=1S/C15H17F3N2O/c16-15(17,18)10-3-1-9(2-4-10)7-14-19-12-6-5-11(21)8-13(12)20-14/h1-4,11-13,21H,5-8H2,(H,19,20). The Balaban J connectivity index is 1.65. The van der Waals surface area contributed by atoms with Gasteiger partial charge in [0.05, 0.1) is 23.8 Å². The lowest BCUT2D eigenvalue weighted by atomic mass is 9.90. The summed E-state index contributed by atoms with van der Waals surface area (Å²) in [6.07, 6.45) is -1.77. The summed E-state index contributed by atoms with van der Waals surface area (Å²) in [5.74, 6) is 0.804. The maximum Gasteiger partial charge on any atom is 0.416 e. The molecule has 1 fully saturated rings. The zero-order valence-corrected chi connectivity index (χ0v) is 11.4. The van der Waals surface area contributed by atoms with E-state index in [1.807, 2.05) is 0 Å². The Morgan fingerprint density at radius 1 is 1.19 bits per heavy atom. The molecule has 1 aliphatic carbocycles. The molecular formula is C15H17F3N2O. The molecule has 0 spiro atoms. The van der Waals surface area contributed by atoms with Gasteiger partial charge in [-0.1, -0.05) is 12.1 Å². The zero-order valence-electron chi connectivity index (χ0n) is 11.4. The number of alkyl halides is 3. The van der Waals surface area contributed by atoms with E-state index in [0.717, 1.165) is 36.4 Å². The first-order valence-electron chi connectivity index (χ1n) is 7.09. The van der Waals surface area contributed by atoms with Crippen molar-refractivity contribution in [2.45, 2.75) is 50.0 Å². The highest BCUT2D eigenvalue weighted by molar-refractivity contribution is 5.86. The minimum absolute atomic E-state index is 0.165. The molecule has 3 atom stereocenters. The molecule has 3 rings (SSSR count). The van der Waals surface area contributed by atoms with Gasteiger partial charge in [0.15, 0.2) is 0 Å². The lowest BCUT2D eigenvalue weighted by Crippen LogP contribution is -2.41. The minimum Gasteiger partial charge on any atom is -0.393 e. The molecule has 3 unspecified atom stereocenters. The summed E-state index contributed by atoms with van der Waals surface area (Å²) in [5.41, 5.74) is 0.165. The van der Waals surface area contributed by atoms with Crippen molar-refractivity contribution in [2.24, 2.45) is 4.99 Å². The summed E-state index contributed by atoms with van der Waals surface area (Å²) in [5, 5.41) is 12.9. The van der Waals surface area contributed by atoms with Crippen LogP contribution in [0.2, 0.25) is 0 Å². The van der Waals surface area contributed by atoms with Gasteiger partial charge >= 0.3 is 6.18 Å². The summed E-state index contributed by atoms with van der Waals surface area (Å²) in [4.78, 5) is 4.58. The highest BCUT2D eigenvalue weighted by Crippen LogP contribution is 2.29. The Labute approximate surface area is 120 Å². The predicted octanol–water partition coefficient (Wildman–Crippen LogP) is 2.53. The highest BCUT2D eigenvalue weighted by Gasteiger charge is 2.34. The normalized spacial score (nSPS) is 28.8. The first kappa shape index (κ1) is 14.4. The first-order valence-corrected chi connectivity index (χ1v) is 7.09. The summed E-state index contributed by atoms with van der Waals surface area (Å²) in [7, 11) is 0. The molecular weight excluding hydrogens is 281 g/mol. The number of hydrogen-bond acceptors (Lipinski definition) is 3. The molecule has 6 heteroatoms. The third-order valence-corrected chi connectivity index (χ3v) is 4.11. The number of fused-ring (bicyclic) bond motifs is 1. The number of amidine groups is 1. The van der Waals surface area contributed by atoms with Gasteiger partial charge < -0.3 is 10.4 Å². The largest absolute Gasteiger partial charge is 0.416 e. The average molecular weight is 298 g/mol. The van der Waals surface area contributed by atoms with Crippen LogP contribution in [0.15, 0.2) is 29.3 Å². The Morgan fingerprint density at radius 2 is 1.90 bits per heavy atom. The van der Waals surface area contributed by atoms with E-state index in [0.29, 0.717) is 12.8 Å². The summed E-state index contributed by atoms with van der Waals surface area (Å²) in [6.45, 7) is 0. The number of nitrogens with zero attached hydrogens (tertiary/aromatic N) is 1. The molecule has 2 aliphatic rings. The smallest absolute Gasteiger partial charge is 0.393 e. The van der Waals surface area contributed by atoms with Gasteiger partial charge in [0, 0.05) is 6.42 Å². The van der Waals surface area contributed by atoms with Gasteiger partial charge in [-0.3, -0.25) is 4.99 Å². The highest BCUT2D eigenvalue weighted by atomic mass is 19.4. The molecule has 1 aromatic rings. The molecule has 3 nitrogen and oxygen atoms in total. The number of halogens is 3. The van der Waals surface area contributed by atoms with Crippen LogP contribution >= 0.6 is 0 Å². The second-order valence-corrected chi connectivity index (χ2v) is 5.73. The van der Waals surface area contributed by atoms with Crippen LogP contribution in [0.25, 0.3) is 0 Å². The van der Waals surface area contributed by atoms with Crippen molar-refractivity contribution in [3.63, 3.8) is 0 Å². The number of aliphatic hydroxyl groups excluding tert-OH is 1. The average Bonchev–Trinajstić information content (AvgIpc) is 2.79. The van der Waals surface area contributed by atoms with Crippen LogP contribution in [-0.4, -0.2) is 29.1 Å². The Hall–Kier alpha value is -1.56. The topological polar surface area (TPSA) is 44.6 Å². The van der Waals surface area contributed by atoms with Crippen LogP contribution in [0.3, 0.4) is 0 Å².